The van der Waals surface area contributed by atoms with Gasteiger partial charge in [-0.1, -0.05) is 6.07 Å². The molecule has 0 N–H and O–H groups in total. The average molecular weight is 347 g/mol. The van der Waals surface area contributed by atoms with Crippen molar-refractivity contribution in [2.75, 3.05) is 47.1 Å². The van der Waals surface area contributed by atoms with Crippen LogP contribution < -0.4 is 0 Å². The maximum atomic E-state index is 12.0. The first-order chi connectivity index (χ1) is 12.2. The molecule has 138 valence electrons. The van der Waals surface area contributed by atoms with Gasteiger partial charge in [-0.25, -0.2) is 0 Å². The second kappa shape index (κ2) is 8.25. The molecule has 0 radical (unpaired) electrons. The second-order valence-corrected chi connectivity index (χ2v) is 7.35. The van der Waals surface area contributed by atoms with Gasteiger partial charge in [0, 0.05) is 52.6 Å². The standard InChI is InChI=1S/C19H29N3O3/c1-24-13-17-11-19(6-9-21(10-7-19)18(23)14-25-2)15-22(17)12-16-5-3-4-8-20-16/h3-5,8,17H,6-7,9-15H2,1-2H3/t17-/m1/s1. The Labute approximate surface area is 150 Å². The number of amides is 1. The summed E-state index contributed by atoms with van der Waals surface area (Å²) in [6.07, 6.45) is 5.11. The molecule has 1 aromatic rings. The number of carbonyl (C=O) groups excluding carboxylic acids is 1. The molecule has 25 heavy (non-hydrogen) atoms. The van der Waals surface area contributed by atoms with E-state index in [2.05, 4.69) is 16.0 Å². The number of rotatable bonds is 6. The molecule has 2 aliphatic heterocycles. The summed E-state index contributed by atoms with van der Waals surface area (Å²) < 4.78 is 10.5. The molecule has 6 nitrogen and oxygen atoms in total. The van der Waals surface area contributed by atoms with Crippen molar-refractivity contribution < 1.29 is 14.3 Å². The topological polar surface area (TPSA) is 54.9 Å². The lowest BCUT2D eigenvalue weighted by Crippen LogP contribution is -2.45. The predicted octanol–water partition coefficient (Wildman–Crippen LogP) is 1.56. The highest BCUT2D eigenvalue weighted by atomic mass is 16.5. The van der Waals surface area contributed by atoms with Crippen LogP contribution in [0.2, 0.25) is 0 Å². The number of carbonyl (C=O) groups is 1. The van der Waals surface area contributed by atoms with E-state index >= 15 is 0 Å². The molecular formula is C19H29N3O3. The van der Waals surface area contributed by atoms with Crippen LogP contribution in [0.25, 0.3) is 0 Å². The molecule has 2 saturated heterocycles. The van der Waals surface area contributed by atoms with Crippen molar-refractivity contribution in [1.29, 1.82) is 0 Å². The second-order valence-electron chi connectivity index (χ2n) is 7.35. The van der Waals surface area contributed by atoms with Gasteiger partial charge < -0.3 is 14.4 Å². The molecule has 0 aliphatic carbocycles. The summed E-state index contributed by atoms with van der Waals surface area (Å²) in [5, 5.41) is 0. The number of ether oxygens (including phenoxy) is 2. The van der Waals surface area contributed by atoms with Crippen molar-refractivity contribution in [3.8, 4) is 0 Å². The minimum atomic E-state index is 0.106. The van der Waals surface area contributed by atoms with Crippen LogP contribution in [-0.4, -0.2) is 73.8 Å². The summed E-state index contributed by atoms with van der Waals surface area (Å²) in [6, 6.07) is 6.50. The van der Waals surface area contributed by atoms with Crippen molar-refractivity contribution in [2.24, 2.45) is 5.41 Å². The molecule has 6 heteroatoms. The Kier molecular flexibility index (Phi) is 6.04. The largest absolute Gasteiger partial charge is 0.383 e. The molecule has 1 aromatic heterocycles. The number of hydrogen-bond donors (Lipinski definition) is 0. The Morgan fingerprint density at radius 2 is 2.08 bits per heavy atom. The molecule has 1 amide bonds. The first-order valence-electron chi connectivity index (χ1n) is 9.05. The van der Waals surface area contributed by atoms with E-state index in [4.69, 9.17) is 9.47 Å². The fourth-order valence-electron chi connectivity index (χ4n) is 4.30. The molecule has 3 heterocycles. The zero-order valence-electron chi connectivity index (χ0n) is 15.3. The lowest BCUT2D eigenvalue weighted by molar-refractivity contribution is -0.137. The summed E-state index contributed by atoms with van der Waals surface area (Å²) in [5.74, 6) is 0.106. The lowest BCUT2D eigenvalue weighted by atomic mass is 9.76. The summed E-state index contributed by atoms with van der Waals surface area (Å²) in [4.78, 5) is 21.0. The lowest BCUT2D eigenvalue weighted by Gasteiger charge is -2.39. The van der Waals surface area contributed by atoms with Crippen molar-refractivity contribution in [1.82, 2.24) is 14.8 Å². The average Bonchev–Trinajstić information content (AvgIpc) is 2.94. The first kappa shape index (κ1) is 18.3. The zero-order valence-corrected chi connectivity index (χ0v) is 15.3. The SMILES string of the molecule is COCC(=O)N1CCC2(CC1)C[C@H](COC)N(Cc1ccccn1)C2. The van der Waals surface area contributed by atoms with Crippen molar-refractivity contribution in [3.05, 3.63) is 30.1 Å². The molecule has 0 bridgehead atoms. The number of aromatic nitrogens is 1. The van der Waals surface area contributed by atoms with E-state index in [-0.39, 0.29) is 12.5 Å². The van der Waals surface area contributed by atoms with Crippen LogP contribution in [0.15, 0.2) is 24.4 Å². The van der Waals surface area contributed by atoms with Crippen LogP contribution in [0.4, 0.5) is 0 Å². The Bertz CT molecular complexity index is 558. The smallest absolute Gasteiger partial charge is 0.248 e. The molecule has 2 fully saturated rings. The van der Waals surface area contributed by atoms with E-state index in [9.17, 15) is 4.79 Å². The third kappa shape index (κ3) is 4.37. The number of methoxy groups -OCH3 is 2. The molecule has 3 rings (SSSR count). The number of nitrogens with zero attached hydrogens (tertiary/aromatic N) is 3. The van der Waals surface area contributed by atoms with Crippen LogP contribution in [0.3, 0.4) is 0 Å². The molecule has 2 aliphatic rings. The zero-order chi connectivity index (χ0) is 17.7. The van der Waals surface area contributed by atoms with Gasteiger partial charge in [-0.05, 0) is 36.8 Å². The highest BCUT2D eigenvalue weighted by Crippen LogP contribution is 2.43. The van der Waals surface area contributed by atoms with Crippen LogP contribution in [-0.2, 0) is 20.8 Å². The Balaban J connectivity index is 1.63. The molecule has 0 unspecified atom stereocenters. The quantitative estimate of drug-likeness (QED) is 0.782. The van der Waals surface area contributed by atoms with Crippen LogP contribution in [0, 0.1) is 5.41 Å². The number of piperidine rings is 1. The maximum Gasteiger partial charge on any atom is 0.248 e. The molecule has 1 spiro atoms. The van der Waals surface area contributed by atoms with Crippen molar-refractivity contribution >= 4 is 5.91 Å². The fraction of sp³-hybridized carbons (Fsp3) is 0.684. The van der Waals surface area contributed by atoms with Gasteiger partial charge in [0.25, 0.3) is 0 Å². The van der Waals surface area contributed by atoms with Gasteiger partial charge in [0.2, 0.25) is 5.91 Å². The predicted molar refractivity (Wildman–Crippen MR) is 95.1 cm³/mol. The van der Waals surface area contributed by atoms with Gasteiger partial charge in [-0.2, -0.15) is 0 Å². The first-order valence-corrected chi connectivity index (χ1v) is 9.05. The van der Waals surface area contributed by atoms with E-state index < -0.39 is 0 Å². The molecule has 0 saturated carbocycles. The number of likely N-dealkylation sites (tertiary alicyclic amines) is 2. The van der Waals surface area contributed by atoms with E-state index in [1.54, 1.807) is 14.2 Å². The molecule has 1 atom stereocenters. The highest BCUT2D eigenvalue weighted by molar-refractivity contribution is 5.77. The van der Waals surface area contributed by atoms with Gasteiger partial charge in [0.1, 0.15) is 6.61 Å². The van der Waals surface area contributed by atoms with Gasteiger partial charge >= 0.3 is 0 Å². The highest BCUT2D eigenvalue weighted by Gasteiger charge is 2.45. The fourth-order valence-corrected chi connectivity index (χ4v) is 4.30. The van der Waals surface area contributed by atoms with Crippen LogP contribution >= 0.6 is 0 Å². The summed E-state index contributed by atoms with van der Waals surface area (Å²) in [6.45, 7) is 4.53. The van der Waals surface area contributed by atoms with Gasteiger partial charge in [0.05, 0.1) is 12.3 Å². The van der Waals surface area contributed by atoms with Crippen LogP contribution in [0.1, 0.15) is 25.0 Å². The monoisotopic (exact) mass is 347 g/mol. The summed E-state index contributed by atoms with van der Waals surface area (Å²) >= 11 is 0. The summed E-state index contributed by atoms with van der Waals surface area (Å²) in [7, 11) is 3.35. The Morgan fingerprint density at radius 1 is 1.28 bits per heavy atom. The maximum absolute atomic E-state index is 12.0. The third-order valence-corrected chi connectivity index (χ3v) is 5.62. The van der Waals surface area contributed by atoms with Crippen molar-refractivity contribution in [2.45, 2.75) is 31.8 Å². The van der Waals surface area contributed by atoms with E-state index in [0.717, 1.165) is 57.7 Å². The minimum Gasteiger partial charge on any atom is -0.383 e. The normalized spacial score (nSPS) is 23.3. The molecular weight excluding hydrogens is 318 g/mol. The van der Waals surface area contributed by atoms with E-state index in [1.807, 2.05) is 23.2 Å². The Morgan fingerprint density at radius 3 is 2.72 bits per heavy atom. The third-order valence-electron chi connectivity index (χ3n) is 5.62. The van der Waals surface area contributed by atoms with Crippen molar-refractivity contribution in [3.63, 3.8) is 0 Å². The number of hydrogen-bond acceptors (Lipinski definition) is 5. The van der Waals surface area contributed by atoms with E-state index in [1.165, 1.54) is 0 Å². The minimum absolute atomic E-state index is 0.106. The Hall–Kier alpha value is -1.50. The molecule has 0 aromatic carbocycles. The van der Waals surface area contributed by atoms with Gasteiger partial charge in [-0.3, -0.25) is 14.7 Å². The van der Waals surface area contributed by atoms with Gasteiger partial charge in [-0.15, -0.1) is 0 Å². The van der Waals surface area contributed by atoms with Gasteiger partial charge in [0.15, 0.2) is 0 Å². The number of pyridine rings is 1. The van der Waals surface area contributed by atoms with E-state index in [0.29, 0.717) is 11.5 Å². The summed E-state index contributed by atoms with van der Waals surface area (Å²) in [5.41, 5.74) is 1.40. The van der Waals surface area contributed by atoms with Crippen LogP contribution in [0.5, 0.6) is 0 Å².